The number of aliphatic hydroxyl groups is 1. The normalized spacial score (nSPS) is 12.2. The highest BCUT2D eigenvalue weighted by atomic mass is 16.5. The van der Waals surface area contributed by atoms with Gasteiger partial charge in [-0.2, -0.15) is 0 Å². The van der Waals surface area contributed by atoms with Gasteiger partial charge in [0.2, 0.25) is 0 Å². The average Bonchev–Trinajstić information content (AvgIpc) is 3.14. The number of hydrogen-bond donors (Lipinski definition) is 1. The van der Waals surface area contributed by atoms with Crippen molar-refractivity contribution in [1.82, 2.24) is 10.1 Å². The molecule has 0 saturated heterocycles. The topological polar surface area (TPSA) is 68.4 Å². The molecule has 0 bridgehead atoms. The number of fused-ring (bicyclic) bond motifs is 1. The largest absolute Gasteiger partial charge is 0.489 e. The average molecular weight is 374 g/mol. The molecule has 0 amide bonds. The fourth-order valence-electron chi connectivity index (χ4n) is 3.24. The molecule has 1 N–H and O–H groups in total. The van der Waals surface area contributed by atoms with Crippen LogP contribution < -0.4 is 4.74 Å². The molecule has 0 fully saturated rings. The number of ether oxygens (including phenoxy) is 1. The van der Waals surface area contributed by atoms with Gasteiger partial charge in [-0.15, -0.1) is 0 Å². The van der Waals surface area contributed by atoms with Crippen LogP contribution in [0.5, 0.6) is 5.75 Å². The van der Waals surface area contributed by atoms with Gasteiger partial charge in [0.05, 0.1) is 17.3 Å². The van der Waals surface area contributed by atoms with Gasteiger partial charge < -0.3 is 14.4 Å². The first kappa shape index (κ1) is 18.2. The van der Waals surface area contributed by atoms with Crippen LogP contribution in [-0.4, -0.2) is 21.4 Å². The van der Waals surface area contributed by atoms with Gasteiger partial charge in [0.15, 0.2) is 5.76 Å². The van der Waals surface area contributed by atoms with Crippen molar-refractivity contribution in [3.05, 3.63) is 77.6 Å². The summed E-state index contributed by atoms with van der Waals surface area (Å²) in [5, 5.41) is 14.6. The molecule has 5 nitrogen and oxygen atoms in total. The first-order chi connectivity index (χ1) is 13.6. The molecule has 2 aromatic carbocycles. The number of aryl methyl sites for hydroxylation is 1. The van der Waals surface area contributed by atoms with Crippen LogP contribution in [-0.2, 0) is 13.0 Å². The fraction of sp³-hybridized carbons (Fsp3) is 0.217. The number of pyridine rings is 1. The molecule has 0 saturated carbocycles. The summed E-state index contributed by atoms with van der Waals surface area (Å²) in [6.07, 6.45) is 0.0333. The molecular weight excluding hydrogens is 352 g/mol. The summed E-state index contributed by atoms with van der Waals surface area (Å²) in [7, 11) is 0. The molecule has 1 unspecified atom stereocenters. The van der Waals surface area contributed by atoms with Crippen molar-refractivity contribution in [1.29, 1.82) is 0 Å². The van der Waals surface area contributed by atoms with Crippen LogP contribution in [0.2, 0.25) is 0 Å². The predicted octanol–water partition coefficient (Wildman–Crippen LogP) is 4.70. The Bertz CT molecular complexity index is 1080. The maximum absolute atomic E-state index is 9.46. The fourth-order valence-corrected chi connectivity index (χ4v) is 3.24. The van der Waals surface area contributed by atoms with Gasteiger partial charge in [0.1, 0.15) is 12.4 Å². The van der Waals surface area contributed by atoms with Crippen molar-refractivity contribution in [2.45, 2.75) is 33.0 Å². The Hall–Kier alpha value is -3.18. The highest BCUT2D eigenvalue weighted by molar-refractivity contribution is 5.82. The Morgan fingerprint density at radius 2 is 1.86 bits per heavy atom. The SMILES string of the molecule is Cc1cc(COc2ccc(-c3cc(CC(C)O)no3)cc2)c2ccccc2n1. The van der Waals surface area contributed by atoms with Crippen LogP contribution in [0.3, 0.4) is 0 Å². The highest BCUT2D eigenvalue weighted by Crippen LogP contribution is 2.25. The van der Waals surface area contributed by atoms with Crippen LogP contribution in [0.4, 0.5) is 0 Å². The first-order valence-corrected chi connectivity index (χ1v) is 9.30. The zero-order valence-corrected chi connectivity index (χ0v) is 15.9. The quantitative estimate of drug-likeness (QED) is 0.530. The van der Waals surface area contributed by atoms with Crippen molar-refractivity contribution in [2.75, 3.05) is 0 Å². The molecule has 5 heteroatoms. The molecule has 0 aliphatic carbocycles. The number of para-hydroxylation sites is 1. The van der Waals surface area contributed by atoms with Crippen LogP contribution in [0.1, 0.15) is 23.9 Å². The van der Waals surface area contributed by atoms with Gasteiger partial charge in [-0.25, -0.2) is 0 Å². The molecule has 0 aliphatic heterocycles. The molecule has 28 heavy (non-hydrogen) atoms. The van der Waals surface area contributed by atoms with E-state index in [0.717, 1.165) is 39.2 Å². The number of benzene rings is 2. The van der Waals surface area contributed by atoms with E-state index in [9.17, 15) is 5.11 Å². The lowest BCUT2D eigenvalue weighted by Crippen LogP contribution is -2.03. The van der Waals surface area contributed by atoms with Crippen molar-refractivity contribution >= 4 is 10.9 Å². The number of nitrogens with zero attached hydrogens (tertiary/aromatic N) is 2. The number of hydrogen-bond acceptors (Lipinski definition) is 5. The minimum absolute atomic E-state index is 0.443. The Labute approximate surface area is 163 Å². The maximum atomic E-state index is 9.46. The Kier molecular flexibility index (Phi) is 5.08. The van der Waals surface area contributed by atoms with E-state index in [2.05, 4.69) is 22.3 Å². The molecule has 0 aliphatic rings. The van der Waals surface area contributed by atoms with Gasteiger partial charge in [-0.3, -0.25) is 4.98 Å². The zero-order chi connectivity index (χ0) is 19.5. The van der Waals surface area contributed by atoms with Gasteiger partial charge in [0.25, 0.3) is 0 Å². The number of aliphatic hydroxyl groups excluding tert-OH is 1. The summed E-state index contributed by atoms with van der Waals surface area (Å²) in [6.45, 7) is 4.20. The van der Waals surface area contributed by atoms with Crippen LogP contribution in [0, 0.1) is 6.92 Å². The second-order valence-corrected chi connectivity index (χ2v) is 6.99. The summed E-state index contributed by atoms with van der Waals surface area (Å²) in [4.78, 5) is 4.57. The van der Waals surface area contributed by atoms with E-state index in [0.29, 0.717) is 18.8 Å². The van der Waals surface area contributed by atoms with Crippen LogP contribution in [0.15, 0.2) is 65.2 Å². The van der Waals surface area contributed by atoms with E-state index >= 15 is 0 Å². The highest BCUT2D eigenvalue weighted by Gasteiger charge is 2.09. The molecule has 0 spiro atoms. The molecular formula is C23H22N2O3. The third-order valence-corrected chi connectivity index (χ3v) is 4.53. The van der Waals surface area contributed by atoms with E-state index in [4.69, 9.17) is 9.26 Å². The van der Waals surface area contributed by atoms with E-state index < -0.39 is 6.10 Å². The lowest BCUT2D eigenvalue weighted by atomic mass is 10.1. The minimum atomic E-state index is -0.443. The molecule has 2 heterocycles. The summed E-state index contributed by atoms with van der Waals surface area (Å²) >= 11 is 0. The van der Waals surface area contributed by atoms with Gasteiger partial charge in [-0.05, 0) is 50.2 Å². The smallest absolute Gasteiger partial charge is 0.167 e. The van der Waals surface area contributed by atoms with Crippen LogP contribution in [0.25, 0.3) is 22.2 Å². The van der Waals surface area contributed by atoms with Gasteiger partial charge in [0, 0.05) is 34.7 Å². The molecule has 1 atom stereocenters. The molecule has 2 aromatic heterocycles. The minimum Gasteiger partial charge on any atom is -0.489 e. The first-order valence-electron chi connectivity index (χ1n) is 9.30. The van der Waals surface area contributed by atoms with Crippen molar-refractivity contribution in [3.8, 4) is 17.1 Å². The number of aromatic nitrogens is 2. The predicted molar refractivity (Wildman–Crippen MR) is 108 cm³/mol. The standard InChI is InChI=1S/C23H22N2O3/c1-15-11-18(21-5-3-4-6-22(21)24-15)14-27-20-9-7-17(8-10-20)23-13-19(25-28-23)12-16(2)26/h3-11,13,16,26H,12,14H2,1-2H3. The second kappa shape index (κ2) is 7.82. The lowest BCUT2D eigenvalue weighted by molar-refractivity contribution is 0.192. The third-order valence-electron chi connectivity index (χ3n) is 4.53. The van der Waals surface area contributed by atoms with Crippen molar-refractivity contribution in [3.63, 3.8) is 0 Å². The van der Waals surface area contributed by atoms with E-state index in [1.54, 1.807) is 6.92 Å². The molecule has 142 valence electrons. The van der Waals surface area contributed by atoms with Gasteiger partial charge in [-0.1, -0.05) is 23.4 Å². The van der Waals surface area contributed by atoms with E-state index in [-0.39, 0.29) is 0 Å². The molecule has 0 radical (unpaired) electrons. The Balaban J connectivity index is 1.48. The van der Waals surface area contributed by atoms with Crippen molar-refractivity contribution < 1.29 is 14.4 Å². The van der Waals surface area contributed by atoms with Gasteiger partial charge >= 0.3 is 0 Å². The molecule has 4 rings (SSSR count). The lowest BCUT2D eigenvalue weighted by Gasteiger charge is -2.10. The summed E-state index contributed by atoms with van der Waals surface area (Å²) in [6, 6.07) is 19.7. The number of rotatable bonds is 6. The Morgan fingerprint density at radius 3 is 2.64 bits per heavy atom. The third kappa shape index (κ3) is 4.05. The summed E-state index contributed by atoms with van der Waals surface area (Å²) in [5.74, 6) is 1.46. The summed E-state index contributed by atoms with van der Waals surface area (Å²) < 4.78 is 11.4. The Morgan fingerprint density at radius 1 is 1.07 bits per heavy atom. The maximum Gasteiger partial charge on any atom is 0.167 e. The van der Waals surface area contributed by atoms with E-state index in [1.807, 2.05) is 55.5 Å². The summed E-state index contributed by atoms with van der Waals surface area (Å²) in [5.41, 5.74) is 4.73. The molecule has 4 aromatic rings. The van der Waals surface area contributed by atoms with Crippen molar-refractivity contribution in [2.24, 2.45) is 0 Å². The zero-order valence-electron chi connectivity index (χ0n) is 15.9. The monoisotopic (exact) mass is 374 g/mol. The van der Waals surface area contributed by atoms with E-state index in [1.165, 1.54) is 0 Å². The second-order valence-electron chi connectivity index (χ2n) is 6.99. The van der Waals surface area contributed by atoms with Crippen LogP contribution >= 0.6 is 0 Å².